The number of benzene rings is 1. The second-order valence-corrected chi connectivity index (χ2v) is 8.86. The van der Waals surface area contributed by atoms with Crippen LogP contribution in [0.1, 0.15) is 26.7 Å². The first-order valence-corrected chi connectivity index (χ1v) is 10.2. The van der Waals surface area contributed by atoms with Crippen LogP contribution in [-0.2, 0) is 20.0 Å². The molecule has 0 aliphatic carbocycles. The van der Waals surface area contributed by atoms with Gasteiger partial charge in [0, 0.05) is 18.4 Å². The minimum atomic E-state index is -3.79. The Balaban J connectivity index is 2.31. The fourth-order valence-electron chi connectivity index (χ4n) is 2.21. The van der Waals surface area contributed by atoms with Gasteiger partial charge in [-0.15, -0.1) is 0 Å². The number of sulfonamides is 1. The van der Waals surface area contributed by atoms with Crippen LogP contribution in [0.25, 0.3) is 0 Å². The SMILES string of the molecule is CCCC(C)NS(=O)(=O)c1ccn(S(=O)(=O)c2ccccc2)c1. The number of hydrogen-bond donors (Lipinski definition) is 1. The molecule has 2 aromatic rings. The van der Waals surface area contributed by atoms with Crippen molar-refractivity contribution >= 4 is 20.0 Å². The second kappa shape index (κ2) is 6.86. The van der Waals surface area contributed by atoms with Gasteiger partial charge in [-0.05, 0) is 31.5 Å². The van der Waals surface area contributed by atoms with Crippen molar-refractivity contribution in [2.75, 3.05) is 0 Å². The van der Waals surface area contributed by atoms with Gasteiger partial charge >= 0.3 is 0 Å². The lowest BCUT2D eigenvalue weighted by molar-refractivity contribution is 0.544. The Bertz CT molecular complexity index is 856. The van der Waals surface area contributed by atoms with Gasteiger partial charge in [-0.1, -0.05) is 31.5 Å². The van der Waals surface area contributed by atoms with Crippen molar-refractivity contribution in [3.05, 3.63) is 48.8 Å². The van der Waals surface area contributed by atoms with Crippen molar-refractivity contribution in [3.63, 3.8) is 0 Å². The molecule has 1 unspecified atom stereocenters. The highest BCUT2D eigenvalue weighted by Gasteiger charge is 2.22. The molecular formula is C15H20N2O4S2. The molecule has 0 saturated carbocycles. The summed E-state index contributed by atoms with van der Waals surface area (Å²) in [5.74, 6) is 0. The van der Waals surface area contributed by atoms with E-state index >= 15 is 0 Å². The van der Waals surface area contributed by atoms with Crippen molar-refractivity contribution in [3.8, 4) is 0 Å². The molecule has 126 valence electrons. The predicted octanol–water partition coefficient (Wildman–Crippen LogP) is 2.19. The maximum absolute atomic E-state index is 12.4. The third-order valence-corrected chi connectivity index (χ3v) is 6.57. The summed E-state index contributed by atoms with van der Waals surface area (Å²) in [5.41, 5.74) is 0. The quantitative estimate of drug-likeness (QED) is 0.824. The summed E-state index contributed by atoms with van der Waals surface area (Å²) >= 11 is 0. The summed E-state index contributed by atoms with van der Waals surface area (Å²) < 4.78 is 52.9. The smallest absolute Gasteiger partial charge is 0.248 e. The van der Waals surface area contributed by atoms with Crippen LogP contribution in [0.15, 0.2) is 58.6 Å². The van der Waals surface area contributed by atoms with Crippen molar-refractivity contribution in [1.29, 1.82) is 0 Å². The summed E-state index contributed by atoms with van der Waals surface area (Å²) in [6.07, 6.45) is 3.92. The van der Waals surface area contributed by atoms with E-state index in [0.29, 0.717) is 6.42 Å². The molecule has 1 heterocycles. The molecule has 0 saturated heterocycles. The highest BCUT2D eigenvalue weighted by molar-refractivity contribution is 7.90. The molecule has 0 bridgehead atoms. The monoisotopic (exact) mass is 356 g/mol. The van der Waals surface area contributed by atoms with E-state index in [1.54, 1.807) is 25.1 Å². The van der Waals surface area contributed by atoms with E-state index < -0.39 is 20.0 Å². The van der Waals surface area contributed by atoms with Crippen LogP contribution in [-0.4, -0.2) is 26.8 Å². The molecule has 0 radical (unpaired) electrons. The predicted molar refractivity (Wildman–Crippen MR) is 88.1 cm³/mol. The standard InChI is InChI=1S/C15H20N2O4S2/c1-3-7-13(2)16-22(18,19)15-10-11-17(12-15)23(20,21)14-8-5-4-6-9-14/h4-6,8-13,16H,3,7H2,1-2H3. The number of nitrogens with zero attached hydrogens (tertiary/aromatic N) is 1. The zero-order valence-corrected chi connectivity index (χ0v) is 14.6. The molecule has 0 fully saturated rings. The van der Waals surface area contributed by atoms with E-state index in [-0.39, 0.29) is 15.8 Å². The summed E-state index contributed by atoms with van der Waals surface area (Å²) in [6, 6.07) is 8.93. The van der Waals surface area contributed by atoms with Crippen LogP contribution in [0.4, 0.5) is 0 Å². The Morgan fingerprint density at radius 3 is 2.30 bits per heavy atom. The maximum atomic E-state index is 12.4. The van der Waals surface area contributed by atoms with Crippen molar-refractivity contribution in [2.24, 2.45) is 0 Å². The van der Waals surface area contributed by atoms with Gasteiger partial charge in [-0.25, -0.2) is 25.5 Å². The molecule has 1 atom stereocenters. The van der Waals surface area contributed by atoms with E-state index in [1.165, 1.54) is 24.4 Å². The summed E-state index contributed by atoms with van der Waals surface area (Å²) in [4.78, 5) is 0.0341. The Kier molecular flexibility index (Phi) is 5.28. The fourth-order valence-corrected chi connectivity index (χ4v) is 4.77. The van der Waals surface area contributed by atoms with Crippen molar-refractivity contribution in [1.82, 2.24) is 8.69 Å². The van der Waals surface area contributed by atoms with E-state index in [2.05, 4.69) is 4.72 Å². The number of rotatable bonds is 7. The molecule has 0 aliphatic rings. The first kappa shape index (κ1) is 17.7. The fraction of sp³-hybridized carbons (Fsp3) is 0.333. The van der Waals surface area contributed by atoms with Gasteiger partial charge < -0.3 is 0 Å². The molecule has 6 nitrogen and oxygen atoms in total. The number of aromatic nitrogens is 1. The first-order valence-electron chi connectivity index (χ1n) is 7.28. The lowest BCUT2D eigenvalue weighted by atomic mass is 10.2. The van der Waals surface area contributed by atoms with Gasteiger partial charge in [0.2, 0.25) is 10.0 Å². The van der Waals surface area contributed by atoms with Gasteiger partial charge in [-0.2, -0.15) is 0 Å². The van der Waals surface area contributed by atoms with Crippen LogP contribution in [0.3, 0.4) is 0 Å². The van der Waals surface area contributed by atoms with Crippen LogP contribution < -0.4 is 4.72 Å². The third kappa shape index (κ3) is 4.01. The first-order chi connectivity index (χ1) is 10.8. The summed E-state index contributed by atoms with van der Waals surface area (Å²) in [5, 5.41) is 0. The summed E-state index contributed by atoms with van der Waals surface area (Å²) in [7, 11) is -7.53. The van der Waals surface area contributed by atoms with Crippen LogP contribution in [0.2, 0.25) is 0 Å². The molecule has 0 amide bonds. The van der Waals surface area contributed by atoms with Crippen LogP contribution in [0.5, 0.6) is 0 Å². The van der Waals surface area contributed by atoms with Gasteiger partial charge in [-0.3, -0.25) is 0 Å². The van der Waals surface area contributed by atoms with E-state index in [4.69, 9.17) is 0 Å². The Labute approximate surface area is 137 Å². The Hall–Kier alpha value is -1.64. The molecule has 1 aromatic heterocycles. The van der Waals surface area contributed by atoms with Crippen LogP contribution in [0, 0.1) is 0 Å². The minimum Gasteiger partial charge on any atom is -0.248 e. The lowest BCUT2D eigenvalue weighted by Crippen LogP contribution is -2.32. The van der Waals surface area contributed by atoms with Gasteiger partial charge in [0.15, 0.2) is 0 Å². The molecular weight excluding hydrogens is 336 g/mol. The van der Waals surface area contributed by atoms with Crippen LogP contribution >= 0.6 is 0 Å². The minimum absolute atomic E-state index is 0.0695. The lowest BCUT2D eigenvalue weighted by Gasteiger charge is -2.12. The Morgan fingerprint density at radius 2 is 1.70 bits per heavy atom. The van der Waals surface area contributed by atoms with E-state index in [0.717, 1.165) is 16.6 Å². The van der Waals surface area contributed by atoms with E-state index in [1.807, 2.05) is 6.92 Å². The highest BCUT2D eigenvalue weighted by Crippen LogP contribution is 2.17. The molecule has 1 N–H and O–H groups in total. The van der Waals surface area contributed by atoms with Crippen molar-refractivity contribution < 1.29 is 16.8 Å². The number of hydrogen-bond acceptors (Lipinski definition) is 4. The average molecular weight is 356 g/mol. The number of nitrogens with one attached hydrogen (secondary N) is 1. The van der Waals surface area contributed by atoms with Crippen molar-refractivity contribution in [2.45, 2.75) is 42.5 Å². The van der Waals surface area contributed by atoms with Gasteiger partial charge in [0.25, 0.3) is 10.0 Å². The zero-order valence-electron chi connectivity index (χ0n) is 13.0. The molecule has 0 aliphatic heterocycles. The van der Waals surface area contributed by atoms with E-state index in [9.17, 15) is 16.8 Å². The molecule has 23 heavy (non-hydrogen) atoms. The Morgan fingerprint density at radius 1 is 1.04 bits per heavy atom. The third-order valence-electron chi connectivity index (χ3n) is 3.35. The molecule has 8 heteroatoms. The maximum Gasteiger partial charge on any atom is 0.267 e. The average Bonchev–Trinajstić information content (AvgIpc) is 2.99. The molecule has 1 aromatic carbocycles. The summed E-state index contributed by atoms with van der Waals surface area (Å²) in [6.45, 7) is 3.74. The zero-order chi connectivity index (χ0) is 17.1. The topological polar surface area (TPSA) is 85.2 Å². The second-order valence-electron chi connectivity index (χ2n) is 5.31. The van der Waals surface area contributed by atoms with Gasteiger partial charge in [0.1, 0.15) is 4.90 Å². The molecule has 0 spiro atoms. The molecule has 2 rings (SSSR count). The normalized spacial score (nSPS) is 13.8. The highest BCUT2D eigenvalue weighted by atomic mass is 32.2. The van der Waals surface area contributed by atoms with Gasteiger partial charge in [0.05, 0.1) is 4.90 Å². The largest absolute Gasteiger partial charge is 0.267 e.